The van der Waals surface area contributed by atoms with E-state index in [4.69, 9.17) is 16.3 Å². The average molecular weight is 382 g/mol. The first-order valence-electron chi connectivity index (χ1n) is 6.68. The minimum absolute atomic E-state index is 0.0656. The van der Waals surface area contributed by atoms with Gasteiger partial charge in [-0.3, -0.25) is 0 Å². The molecule has 0 amide bonds. The van der Waals surface area contributed by atoms with Gasteiger partial charge in [-0.15, -0.1) is 0 Å². The van der Waals surface area contributed by atoms with Gasteiger partial charge in [0.1, 0.15) is 5.52 Å². The molecule has 2 aromatic heterocycles. The first-order valence-corrected chi connectivity index (χ1v) is 7.85. The third-order valence-electron chi connectivity index (χ3n) is 3.28. The lowest BCUT2D eigenvalue weighted by atomic mass is 10.1. The summed E-state index contributed by atoms with van der Waals surface area (Å²) in [6, 6.07) is 7.63. The molecule has 3 rings (SSSR count). The summed E-state index contributed by atoms with van der Waals surface area (Å²) < 4.78 is 7.97. The molecule has 0 aliphatic heterocycles. The number of nitrogens with one attached hydrogen (secondary N) is 1. The molecule has 0 saturated heterocycles. The Morgan fingerprint density at radius 3 is 3.09 bits per heavy atom. The van der Waals surface area contributed by atoms with Gasteiger partial charge in [0.2, 0.25) is 0 Å². The van der Waals surface area contributed by atoms with Gasteiger partial charge >= 0.3 is 0 Å². The molecule has 7 heteroatoms. The Morgan fingerprint density at radius 1 is 1.45 bits per heavy atom. The molecular formula is C15H14BrClN4O. The number of nitrogens with zero attached hydrogens (tertiary/aromatic N) is 3. The van der Waals surface area contributed by atoms with Gasteiger partial charge in [-0.2, -0.15) is 5.10 Å². The Kier molecular flexibility index (Phi) is 4.61. The lowest BCUT2D eigenvalue weighted by Gasteiger charge is -2.19. The van der Waals surface area contributed by atoms with Crippen LogP contribution >= 0.6 is 27.5 Å². The van der Waals surface area contributed by atoms with Crippen LogP contribution in [0.2, 0.25) is 5.02 Å². The molecule has 0 fully saturated rings. The fourth-order valence-electron chi connectivity index (χ4n) is 2.29. The second kappa shape index (κ2) is 6.64. The van der Waals surface area contributed by atoms with E-state index < -0.39 is 0 Å². The zero-order valence-corrected chi connectivity index (χ0v) is 14.2. The number of rotatable bonds is 5. The molecule has 0 saturated carbocycles. The largest absolute Gasteiger partial charge is 0.382 e. The van der Waals surface area contributed by atoms with Crippen LogP contribution in [0.25, 0.3) is 5.52 Å². The monoisotopic (exact) mass is 380 g/mol. The number of hydrogen-bond donors (Lipinski definition) is 1. The fraction of sp³-hybridized carbons (Fsp3) is 0.200. The minimum Gasteiger partial charge on any atom is -0.382 e. The van der Waals surface area contributed by atoms with Gasteiger partial charge in [-0.05, 0) is 33.6 Å². The van der Waals surface area contributed by atoms with Crippen molar-refractivity contribution in [3.05, 3.63) is 57.9 Å². The predicted octanol–water partition coefficient (Wildman–Crippen LogP) is 3.94. The van der Waals surface area contributed by atoms with Gasteiger partial charge in [0, 0.05) is 24.5 Å². The smallest absolute Gasteiger partial charge is 0.153 e. The maximum Gasteiger partial charge on any atom is 0.153 e. The quantitative estimate of drug-likeness (QED) is 0.727. The highest BCUT2D eigenvalue weighted by Gasteiger charge is 2.16. The van der Waals surface area contributed by atoms with Crippen LogP contribution in [0.4, 0.5) is 5.82 Å². The summed E-state index contributed by atoms with van der Waals surface area (Å²) in [7, 11) is 1.67. The molecule has 0 aliphatic carbocycles. The summed E-state index contributed by atoms with van der Waals surface area (Å²) in [6.07, 6.45) is 5.25. The third-order valence-corrected chi connectivity index (χ3v) is 4.10. The van der Waals surface area contributed by atoms with E-state index in [1.54, 1.807) is 30.2 Å². The molecular weight excluding hydrogens is 368 g/mol. The van der Waals surface area contributed by atoms with Crippen molar-refractivity contribution in [3.63, 3.8) is 0 Å². The van der Waals surface area contributed by atoms with Crippen molar-refractivity contribution in [2.45, 2.75) is 6.04 Å². The Morgan fingerprint density at radius 2 is 2.32 bits per heavy atom. The van der Waals surface area contributed by atoms with E-state index in [9.17, 15) is 0 Å². The standard InChI is InChI=1S/C15H14BrClN4O/c1-22-9-13(10-3-2-4-11(17)7-10)20-15-14-12(16)8-19-21(14)6-5-18-15/h2-8,13H,9H2,1H3,(H,18,20). The van der Waals surface area contributed by atoms with Crippen LogP contribution in [-0.2, 0) is 4.74 Å². The number of benzene rings is 1. The molecule has 1 atom stereocenters. The van der Waals surface area contributed by atoms with Crippen molar-refractivity contribution >= 4 is 38.9 Å². The highest BCUT2D eigenvalue weighted by atomic mass is 79.9. The minimum atomic E-state index is -0.0656. The Labute approximate surface area is 141 Å². The number of halogens is 2. The first-order chi connectivity index (χ1) is 10.7. The number of ether oxygens (including phenoxy) is 1. The van der Waals surface area contributed by atoms with Gasteiger partial charge in [-0.1, -0.05) is 23.7 Å². The van der Waals surface area contributed by atoms with E-state index in [1.807, 2.05) is 24.3 Å². The summed E-state index contributed by atoms with van der Waals surface area (Å²) in [5, 5.41) is 8.36. The second-order valence-electron chi connectivity index (χ2n) is 4.77. The van der Waals surface area contributed by atoms with Crippen molar-refractivity contribution < 1.29 is 4.74 Å². The average Bonchev–Trinajstić information content (AvgIpc) is 2.89. The molecule has 0 bridgehead atoms. The van der Waals surface area contributed by atoms with Crippen molar-refractivity contribution in [1.29, 1.82) is 0 Å². The SMILES string of the molecule is COCC(Nc1nccn2ncc(Br)c12)c1cccc(Cl)c1. The molecule has 22 heavy (non-hydrogen) atoms. The van der Waals surface area contributed by atoms with E-state index in [0.29, 0.717) is 11.6 Å². The van der Waals surface area contributed by atoms with Gasteiger partial charge in [0.25, 0.3) is 0 Å². The number of fused-ring (bicyclic) bond motifs is 1. The van der Waals surface area contributed by atoms with Crippen molar-refractivity contribution in [1.82, 2.24) is 14.6 Å². The Balaban J connectivity index is 1.98. The van der Waals surface area contributed by atoms with E-state index in [-0.39, 0.29) is 6.04 Å². The maximum absolute atomic E-state index is 6.09. The topological polar surface area (TPSA) is 51.5 Å². The highest BCUT2D eigenvalue weighted by molar-refractivity contribution is 9.10. The number of aromatic nitrogens is 3. The highest BCUT2D eigenvalue weighted by Crippen LogP contribution is 2.27. The lowest BCUT2D eigenvalue weighted by Crippen LogP contribution is -2.17. The summed E-state index contributed by atoms with van der Waals surface area (Å²) >= 11 is 9.59. The zero-order chi connectivity index (χ0) is 15.5. The normalized spacial score (nSPS) is 12.5. The first kappa shape index (κ1) is 15.3. The third kappa shape index (κ3) is 3.09. The van der Waals surface area contributed by atoms with Crippen LogP contribution in [0, 0.1) is 0 Å². The van der Waals surface area contributed by atoms with Crippen LogP contribution in [0.15, 0.2) is 47.3 Å². The molecule has 5 nitrogen and oxygen atoms in total. The second-order valence-corrected chi connectivity index (χ2v) is 6.06. The van der Waals surface area contributed by atoms with Crippen LogP contribution in [0.5, 0.6) is 0 Å². The van der Waals surface area contributed by atoms with Crippen LogP contribution in [-0.4, -0.2) is 28.3 Å². The Bertz CT molecular complexity index is 792. The van der Waals surface area contributed by atoms with E-state index in [2.05, 4.69) is 31.3 Å². The summed E-state index contributed by atoms with van der Waals surface area (Å²) in [5.74, 6) is 0.730. The summed E-state index contributed by atoms with van der Waals surface area (Å²) in [4.78, 5) is 4.42. The molecule has 1 unspecified atom stereocenters. The number of anilines is 1. The van der Waals surface area contributed by atoms with Gasteiger partial charge in [-0.25, -0.2) is 9.50 Å². The van der Waals surface area contributed by atoms with E-state index in [1.165, 1.54) is 0 Å². The van der Waals surface area contributed by atoms with Gasteiger partial charge in [0.05, 0.1) is 23.3 Å². The molecule has 2 heterocycles. The zero-order valence-electron chi connectivity index (χ0n) is 11.8. The van der Waals surface area contributed by atoms with Crippen molar-refractivity contribution in [3.8, 4) is 0 Å². The molecule has 0 aliphatic rings. The van der Waals surface area contributed by atoms with E-state index in [0.717, 1.165) is 21.4 Å². The van der Waals surface area contributed by atoms with E-state index >= 15 is 0 Å². The summed E-state index contributed by atoms with van der Waals surface area (Å²) in [6.45, 7) is 0.495. The molecule has 114 valence electrons. The predicted molar refractivity (Wildman–Crippen MR) is 90.4 cm³/mol. The maximum atomic E-state index is 6.09. The molecule has 1 aromatic carbocycles. The van der Waals surface area contributed by atoms with Crippen LogP contribution < -0.4 is 5.32 Å². The number of hydrogen-bond acceptors (Lipinski definition) is 4. The lowest BCUT2D eigenvalue weighted by molar-refractivity contribution is 0.186. The van der Waals surface area contributed by atoms with Crippen LogP contribution in [0.3, 0.4) is 0 Å². The van der Waals surface area contributed by atoms with Gasteiger partial charge in [0.15, 0.2) is 5.82 Å². The molecule has 0 spiro atoms. The summed E-state index contributed by atoms with van der Waals surface area (Å²) in [5.41, 5.74) is 1.92. The van der Waals surface area contributed by atoms with Gasteiger partial charge < -0.3 is 10.1 Å². The number of methoxy groups -OCH3 is 1. The molecule has 1 N–H and O–H groups in total. The molecule has 0 radical (unpaired) electrons. The molecule has 3 aromatic rings. The van der Waals surface area contributed by atoms with Crippen molar-refractivity contribution in [2.24, 2.45) is 0 Å². The Hall–Kier alpha value is -1.63. The van der Waals surface area contributed by atoms with Crippen LogP contribution in [0.1, 0.15) is 11.6 Å². The van der Waals surface area contributed by atoms with Crippen molar-refractivity contribution in [2.75, 3.05) is 19.0 Å². The fourth-order valence-corrected chi connectivity index (χ4v) is 2.95.